The van der Waals surface area contributed by atoms with Gasteiger partial charge in [-0.2, -0.15) is 0 Å². The largest absolute Gasteiger partial charge is 0.396 e. The number of pyridine rings is 2. The second-order valence-corrected chi connectivity index (χ2v) is 10.9. The number of piperazine rings is 1. The summed E-state index contributed by atoms with van der Waals surface area (Å²) in [6.07, 6.45) is 11.2. The molecule has 2 N–H and O–H groups in total. The molecule has 2 aromatic heterocycles. The van der Waals surface area contributed by atoms with Gasteiger partial charge in [0.05, 0.1) is 29.2 Å². The molecule has 7 nitrogen and oxygen atoms in total. The topological polar surface area (TPSA) is 84.6 Å². The second-order valence-electron chi connectivity index (χ2n) is 10.9. The van der Waals surface area contributed by atoms with Gasteiger partial charge < -0.3 is 20.3 Å². The van der Waals surface area contributed by atoms with E-state index in [1.54, 1.807) is 6.08 Å². The Bertz CT molecular complexity index is 1170. The summed E-state index contributed by atoms with van der Waals surface area (Å²) in [5, 5.41) is 0. The van der Waals surface area contributed by atoms with Gasteiger partial charge in [0.2, 0.25) is 5.91 Å². The van der Waals surface area contributed by atoms with Gasteiger partial charge in [0.1, 0.15) is 0 Å². The standard InChI is InChI=1S/C29H37N5O2/c1-3-22-16-21(10-12-31-22)26-18(2)27(30)29(32-28(26)20-6-7-20)33-13-14-34(24(17-33)19-4-5-19)25(35)9-8-23-11-15-36-23/h3,10,12,16,19-20,23-24H,1,4-9,11,13-15,17,30H2,2H3/t23?,24-/m0/s1. The number of carbonyl (C=O) groups excluding carboxylic acids is 1. The van der Waals surface area contributed by atoms with Crippen molar-refractivity contribution in [3.63, 3.8) is 0 Å². The van der Waals surface area contributed by atoms with Crippen LogP contribution in [0.2, 0.25) is 0 Å². The van der Waals surface area contributed by atoms with E-state index in [-0.39, 0.29) is 18.1 Å². The zero-order valence-electron chi connectivity index (χ0n) is 21.3. The highest BCUT2D eigenvalue weighted by Gasteiger charge is 2.42. The van der Waals surface area contributed by atoms with Crippen molar-refractivity contribution < 1.29 is 9.53 Å². The molecule has 0 spiro atoms. The monoisotopic (exact) mass is 487 g/mol. The van der Waals surface area contributed by atoms with E-state index in [9.17, 15) is 4.79 Å². The number of ether oxygens (including phenoxy) is 1. The van der Waals surface area contributed by atoms with Crippen LogP contribution in [-0.4, -0.2) is 59.2 Å². The summed E-state index contributed by atoms with van der Waals surface area (Å²) in [5.41, 5.74) is 12.9. The smallest absolute Gasteiger partial charge is 0.223 e. The first-order valence-electron chi connectivity index (χ1n) is 13.6. The average molecular weight is 488 g/mol. The van der Waals surface area contributed by atoms with Crippen molar-refractivity contribution in [1.29, 1.82) is 0 Å². The summed E-state index contributed by atoms with van der Waals surface area (Å²) in [5.74, 6) is 2.25. The van der Waals surface area contributed by atoms with Crippen molar-refractivity contribution in [3.05, 3.63) is 41.9 Å². The molecule has 2 aliphatic carbocycles. The van der Waals surface area contributed by atoms with Crippen LogP contribution in [-0.2, 0) is 9.53 Å². The molecule has 4 fully saturated rings. The minimum atomic E-state index is 0.245. The van der Waals surface area contributed by atoms with E-state index in [4.69, 9.17) is 15.5 Å². The summed E-state index contributed by atoms with van der Waals surface area (Å²) >= 11 is 0. The Morgan fingerprint density at radius 1 is 1.25 bits per heavy atom. The molecule has 0 radical (unpaired) electrons. The summed E-state index contributed by atoms with van der Waals surface area (Å²) in [4.78, 5) is 27.3. The SMILES string of the molecule is C=Cc1cc(-c2c(C3CC3)nc(N3CCN(C(=O)CCC4CCO4)[C@H](C4CC4)C3)c(N)c2C)ccn1. The van der Waals surface area contributed by atoms with Crippen LogP contribution in [0.25, 0.3) is 17.2 Å². The van der Waals surface area contributed by atoms with Gasteiger partial charge in [-0.25, -0.2) is 4.98 Å². The van der Waals surface area contributed by atoms with Gasteiger partial charge in [0, 0.05) is 50.3 Å². The number of nitrogens with zero attached hydrogens (tertiary/aromatic N) is 4. The van der Waals surface area contributed by atoms with Crippen molar-refractivity contribution in [1.82, 2.24) is 14.9 Å². The fourth-order valence-electron chi connectivity index (χ4n) is 5.83. The lowest BCUT2D eigenvalue weighted by Crippen LogP contribution is -2.56. The lowest BCUT2D eigenvalue weighted by molar-refractivity contribution is -0.136. The number of rotatable bonds is 8. The van der Waals surface area contributed by atoms with Crippen molar-refractivity contribution in [2.75, 3.05) is 36.9 Å². The zero-order valence-corrected chi connectivity index (χ0v) is 21.3. The number of hydrogen-bond donors (Lipinski definition) is 1. The third-order valence-corrected chi connectivity index (χ3v) is 8.42. The first-order valence-corrected chi connectivity index (χ1v) is 13.6. The quantitative estimate of drug-likeness (QED) is 0.588. The number of aromatic nitrogens is 2. The van der Waals surface area contributed by atoms with E-state index in [1.807, 2.05) is 12.3 Å². The third kappa shape index (κ3) is 4.49. The highest BCUT2D eigenvalue weighted by Crippen LogP contribution is 2.48. The molecule has 4 aliphatic rings. The molecule has 0 aromatic carbocycles. The summed E-state index contributed by atoms with van der Waals surface area (Å²) < 4.78 is 5.53. The third-order valence-electron chi connectivity index (χ3n) is 8.42. The summed E-state index contributed by atoms with van der Waals surface area (Å²) in [7, 11) is 0. The molecule has 2 aliphatic heterocycles. The van der Waals surface area contributed by atoms with Gasteiger partial charge >= 0.3 is 0 Å². The molecule has 6 rings (SSSR count). The number of carbonyl (C=O) groups is 1. The molecule has 2 atom stereocenters. The Morgan fingerprint density at radius 2 is 2.06 bits per heavy atom. The van der Waals surface area contributed by atoms with Gasteiger partial charge in [-0.15, -0.1) is 0 Å². The second kappa shape index (κ2) is 9.51. The lowest BCUT2D eigenvalue weighted by Gasteiger charge is -2.43. The average Bonchev–Trinajstić information content (AvgIpc) is 3.77. The summed E-state index contributed by atoms with van der Waals surface area (Å²) in [6, 6.07) is 4.36. The van der Waals surface area contributed by atoms with Crippen LogP contribution in [0.15, 0.2) is 24.9 Å². The molecule has 2 aromatic rings. The van der Waals surface area contributed by atoms with Gasteiger partial charge in [-0.05, 0) is 80.7 Å². The van der Waals surface area contributed by atoms with Gasteiger partial charge in [-0.1, -0.05) is 6.58 Å². The van der Waals surface area contributed by atoms with E-state index in [0.29, 0.717) is 18.3 Å². The lowest BCUT2D eigenvalue weighted by atomic mass is 9.95. The highest BCUT2D eigenvalue weighted by molar-refractivity contribution is 5.82. The molecular formula is C29H37N5O2. The molecule has 1 amide bonds. The molecule has 190 valence electrons. The van der Waals surface area contributed by atoms with Crippen LogP contribution in [0.5, 0.6) is 0 Å². The van der Waals surface area contributed by atoms with Crippen LogP contribution in [0.3, 0.4) is 0 Å². The van der Waals surface area contributed by atoms with E-state index in [1.165, 1.54) is 25.7 Å². The molecule has 2 saturated carbocycles. The van der Waals surface area contributed by atoms with E-state index < -0.39 is 0 Å². The predicted octanol–water partition coefficient (Wildman–Crippen LogP) is 4.55. The number of hydrogen-bond acceptors (Lipinski definition) is 6. The Labute approximate surface area is 213 Å². The number of nitrogen functional groups attached to an aromatic ring is 1. The molecule has 2 saturated heterocycles. The van der Waals surface area contributed by atoms with Crippen molar-refractivity contribution >= 4 is 23.5 Å². The molecular weight excluding hydrogens is 450 g/mol. The number of nitrogens with two attached hydrogens (primary N) is 1. The van der Waals surface area contributed by atoms with Crippen molar-refractivity contribution in [2.45, 2.75) is 69.9 Å². The Morgan fingerprint density at radius 3 is 2.72 bits per heavy atom. The van der Waals surface area contributed by atoms with Crippen LogP contribution in [0.4, 0.5) is 11.5 Å². The van der Waals surface area contributed by atoms with Gasteiger partial charge in [0.15, 0.2) is 5.82 Å². The Kier molecular flexibility index (Phi) is 6.20. The maximum atomic E-state index is 13.2. The Balaban J connectivity index is 1.27. The molecule has 7 heteroatoms. The van der Waals surface area contributed by atoms with Crippen molar-refractivity contribution in [3.8, 4) is 11.1 Å². The van der Waals surface area contributed by atoms with Crippen LogP contribution >= 0.6 is 0 Å². The minimum Gasteiger partial charge on any atom is -0.396 e. The number of anilines is 2. The molecule has 36 heavy (non-hydrogen) atoms. The first-order chi connectivity index (χ1) is 17.5. The maximum absolute atomic E-state index is 13.2. The first kappa shape index (κ1) is 23.5. The van der Waals surface area contributed by atoms with E-state index in [0.717, 1.165) is 78.7 Å². The van der Waals surface area contributed by atoms with Crippen LogP contribution in [0.1, 0.15) is 67.8 Å². The minimum absolute atomic E-state index is 0.245. The van der Waals surface area contributed by atoms with Crippen LogP contribution < -0.4 is 10.6 Å². The molecule has 0 bridgehead atoms. The maximum Gasteiger partial charge on any atom is 0.223 e. The van der Waals surface area contributed by atoms with E-state index >= 15 is 0 Å². The van der Waals surface area contributed by atoms with Crippen molar-refractivity contribution in [2.24, 2.45) is 5.92 Å². The fourth-order valence-corrected chi connectivity index (χ4v) is 5.83. The Hall–Kier alpha value is -2.93. The number of amides is 1. The highest BCUT2D eigenvalue weighted by atomic mass is 16.5. The van der Waals surface area contributed by atoms with Gasteiger partial charge in [-0.3, -0.25) is 9.78 Å². The zero-order chi connectivity index (χ0) is 24.8. The normalized spacial score (nSPS) is 23.9. The predicted molar refractivity (Wildman–Crippen MR) is 143 cm³/mol. The fraction of sp³-hybridized carbons (Fsp3) is 0.552. The van der Waals surface area contributed by atoms with Gasteiger partial charge in [0.25, 0.3) is 0 Å². The molecule has 4 heterocycles. The summed E-state index contributed by atoms with van der Waals surface area (Å²) in [6.45, 7) is 9.16. The van der Waals surface area contributed by atoms with E-state index in [2.05, 4.69) is 34.4 Å². The van der Waals surface area contributed by atoms with Crippen LogP contribution in [0, 0.1) is 12.8 Å². The molecule has 1 unspecified atom stereocenters.